The molecule has 0 saturated carbocycles. The first-order chi connectivity index (χ1) is 9.35. The minimum Gasteiger partial charge on any atom is -0.481 e. The number of imide groups is 1. The van der Waals surface area contributed by atoms with E-state index in [4.69, 9.17) is 5.11 Å². The fraction of sp³-hybridized carbons (Fsp3) is 0.800. The molecule has 0 aromatic heterocycles. The molecule has 0 heterocycles. The molecule has 6 heteroatoms. The Kier molecular flexibility index (Phi) is 6.86. The fourth-order valence-electron chi connectivity index (χ4n) is 1.63. The Hall–Kier alpha value is -1.59. The molecule has 0 spiro atoms. The van der Waals surface area contributed by atoms with E-state index in [1.54, 1.807) is 13.8 Å². The Morgan fingerprint density at radius 2 is 1.57 bits per heavy atom. The molecule has 6 nitrogen and oxygen atoms in total. The normalized spacial score (nSPS) is 12.1. The van der Waals surface area contributed by atoms with E-state index in [0.717, 1.165) is 0 Å². The number of carbonyl (C=O) groups excluding carboxylic acids is 2. The first kappa shape index (κ1) is 19.4. The molecule has 0 saturated heterocycles. The van der Waals surface area contributed by atoms with E-state index in [1.165, 1.54) is 0 Å². The molecule has 0 aromatic rings. The second-order valence-corrected chi connectivity index (χ2v) is 7.29. The molecule has 0 atom stereocenters. The number of hydrogen-bond acceptors (Lipinski definition) is 3. The number of carbonyl (C=O) groups is 3. The van der Waals surface area contributed by atoms with Crippen LogP contribution in [0.25, 0.3) is 0 Å². The molecule has 21 heavy (non-hydrogen) atoms. The van der Waals surface area contributed by atoms with Crippen molar-refractivity contribution >= 4 is 17.9 Å². The molecular formula is C15H28N2O4. The first-order valence-corrected chi connectivity index (χ1v) is 7.15. The van der Waals surface area contributed by atoms with Gasteiger partial charge in [-0.3, -0.25) is 14.9 Å². The van der Waals surface area contributed by atoms with Crippen LogP contribution in [0.4, 0.5) is 4.79 Å². The van der Waals surface area contributed by atoms with Gasteiger partial charge in [0.15, 0.2) is 0 Å². The number of aliphatic carboxylic acids is 1. The SMILES string of the molecule is CC(C)C(C)(C)CNC(=O)NC(=O)CC(C)(C)CC(=O)O. The summed E-state index contributed by atoms with van der Waals surface area (Å²) in [6.45, 7) is 12.0. The maximum atomic E-state index is 11.7. The summed E-state index contributed by atoms with van der Waals surface area (Å²) in [5.41, 5.74) is -0.754. The number of carboxylic acid groups (broad SMARTS) is 1. The van der Waals surface area contributed by atoms with Crippen molar-refractivity contribution < 1.29 is 19.5 Å². The number of hydrogen-bond donors (Lipinski definition) is 3. The van der Waals surface area contributed by atoms with Crippen molar-refractivity contribution in [3.05, 3.63) is 0 Å². The van der Waals surface area contributed by atoms with Crippen LogP contribution in [0.15, 0.2) is 0 Å². The minimum absolute atomic E-state index is 0.0136. The van der Waals surface area contributed by atoms with Crippen LogP contribution in [0.1, 0.15) is 54.4 Å². The largest absolute Gasteiger partial charge is 0.481 e. The summed E-state index contributed by atoms with van der Waals surface area (Å²) in [7, 11) is 0. The third-order valence-corrected chi connectivity index (χ3v) is 3.79. The van der Waals surface area contributed by atoms with Crippen molar-refractivity contribution in [1.82, 2.24) is 10.6 Å². The molecule has 0 radical (unpaired) electrons. The predicted octanol–water partition coefficient (Wildman–Crippen LogP) is 2.39. The molecule has 3 amide bonds. The van der Waals surface area contributed by atoms with Gasteiger partial charge in [0.25, 0.3) is 0 Å². The Labute approximate surface area is 126 Å². The van der Waals surface area contributed by atoms with Gasteiger partial charge in [0.1, 0.15) is 0 Å². The number of nitrogens with one attached hydrogen (secondary N) is 2. The molecule has 0 aliphatic carbocycles. The lowest BCUT2D eigenvalue weighted by Crippen LogP contribution is -2.45. The van der Waals surface area contributed by atoms with Crippen molar-refractivity contribution in [2.45, 2.75) is 54.4 Å². The second kappa shape index (κ2) is 7.43. The summed E-state index contributed by atoms with van der Waals surface area (Å²) in [5.74, 6) is -1.04. The van der Waals surface area contributed by atoms with E-state index in [2.05, 4.69) is 24.5 Å². The van der Waals surface area contributed by atoms with Crippen LogP contribution in [-0.4, -0.2) is 29.6 Å². The van der Waals surface area contributed by atoms with Gasteiger partial charge >= 0.3 is 12.0 Å². The number of carboxylic acids is 1. The Morgan fingerprint density at radius 1 is 1.05 bits per heavy atom. The maximum absolute atomic E-state index is 11.7. The minimum atomic E-state index is -0.962. The molecule has 0 aliphatic heterocycles. The molecule has 0 unspecified atom stereocenters. The lowest BCUT2D eigenvalue weighted by molar-refractivity contribution is -0.139. The number of amides is 3. The predicted molar refractivity (Wildman–Crippen MR) is 80.8 cm³/mol. The van der Waals surface area contributed by atoms with Crippen LogP contribution in [0, 0.1) is 16.7 Å². The van der Waals surface area contributed by atoms with Gasteiger partial charge in [-0.25, -0.2) is 4.79 Å². The second-order valence-electron chi connectivity index (χ2n) is 7.29. The van der Waals surface area contributed by atoms with Crippen LogP contribution in [0.2, 0.25) is 0 Å². The molecule has 0 aliphatic rings. The van der Waals surface area contributed by atoms with Crippen LogP contribution >= 0.6 is 0 Å². The Balaban J connectivity index is 4.28. The first-order valence-electron chi connectivity index (χ1n) is 7.15. The van der Waals surface area contributed by atoms with Gasteiger partial charge in [-0.05, 0) is 16.7 Å². The highest BCUT2D eigenvalue weighted by Crippen LogP contribution is 2.25. The summed E-state index contributed by atoms with van der Waals surface area (Å²) in [6.07, 6.45) is -0.136. The summed E-state index contributed by atoms with van der Waals surface area (Å²) >= 11 is 0. The molecule has 0 rings (SSSR count). The van der Waals surface area contributed by atoms with Gasteiger partial charge < -0.3 is 10.4 Å². The van der Waals surface area contributed by atoms with Gasteiger partial charge in [-0.1, -0.05) is 41.5 Å². The smallest absolute Gasteiger partial charge is 0.321 e. The maximum Gasteiger partial charge on any atom is 0.321 e. The van der Waals surface area contributed by atoms with Crippen molar-refractivity contribution in [2.24, 2.45) is 16.7 Å². The number of urea groups is 1. The van der Waals surface area contributed by atoms with Crippen molar-refractivity contribution in [3.63, 3.8) is 0 Å². The van der Waals surface area contributed by atoms with E-state index in [-0.39, 0.29) is 18.3 Å². The highest BCUT2D eigenvalue weighted by atomic mass is 16.4. The highest BCUT2D eigenvalue weighted by Gasteiger charge is 2.27. The van der Waals surface area contributed by atoms with Crippen LogP contribution in [0.3, 0.4) is 0 Å². The standard InChI is InChI=1S/C15H28N2O4/c1-10(2)15(5,6)9-16-13(21)17-11(18)7-14(3,4)8-12(19)20/h10H,7-9H2,1-6H3,(H,19,20)(H2,16,17,18,21). The molecule has 0 aromatic carbocycles. The highest BCUT2D eigenvalue weighted by molar-refractivity contribution is 5.94. The van der Waals surface area contributed by atoms with Gasteiger partial charge in [0.05, 0.1) is 6.42 Å². The molecule has 0 fully saturated rings. The molecule has 3 N–H and O–H groups in total. The zero-order valence-corrected chi connectivity index (χ0v) is 13.9. The van der Waals surface area contributed by atoms with E-state index in [0.29, 0.717) is 12.5 Å². The van der Waals surface area contributed by atoms with Gasteiger partial charge in [-0.15, -0.1) is 0 Å². The number of rotatable bonds is 7. The average Bonchev–Trinajstić information content (AvgIpc) is 2.23. The zero-order chi connectivity index (χ0) is 16.8. The van der Waals surface area contributed by atoms with Crippen LogP contribution in [-0.2, 0) is 9.59 Å². The zero-order valence-electron chi connectivity index (χ0n) is 13.9. The van der Waals surface area contributed by atoms with E-state index >= 15 is 0 Å². The quantitative estimate of drug-likeness (QED) is 0.672. The Morgan fingerprint density at radius 3 is 2.00 bits per heavy atom. The lowest BCUT2D eigenvalue weighted by Gasteiger charge is -2.29. The van der Waals surface area contributed by atoms with Gasteiger partial charge in [-0.2, -0.15) is 0 Å². The molecule has 0 bridgehead atoms. The topological polar surface area (TPSA) is 95.5 Å². The Bertz CT molecular complexity index is 400. The third kappa shape index (κ3) is 8.32. The average molecular weight is 300 g/mol. The third-order valence-electron chi connectivity index (χ3n) is 3.79. The van der Waals surface area contributed by atoms with Crippen LogP contribution < -0.4 is 10.6 Å². The monoisotopic (exact) mass is 300 g/mol. The lowest BCUT2D eigenvalue weighted by atomic mass is 9.81. The van der Waals surface area contributed by atoms with E-state index in [1.807, 2.05) is 13.8 Å². The van der Waals surface area contributed by atoms with Crippen LogP contribution in [0.5, 0.6) is 0 Å². The fourth-order valence-corrected chi connectivity index (χ4v) is 1.63. The van der Waals surface area contributed by atoms with Crippen molar-refractivity contribution in [3.8, 4) is 0 Å². The summed E-state index contributed by atoms with van der Waals surface area (Å²) < 4.78 is 0. The molecular weight excluding hydrogens is 272 g/mol. The summed E-state index contributed by atoms with van der Waals surface area (Å²) in [6, 6.07) is -0.542. The molecule has 122 valence electrons. The van der Waals surface area contributed by atoms with E-state index < -0.39 is 23.3 Å². The summed E-state index contributed by atoms with van der Waals surface area (Å²) in [5, 5.41) is 13.7. The van der Waals surface area contributed by atoms with E-state index in [9.17, 15) is 14.4 Å². The summed E-state index contributed by atoms with van der Waals surface area (Å²) in [4.78, 5) is 34.1. The van der Waals surface area contributed by atoms with Gasteiger partial charge in [0, 0.05) is 13.0 Å². The van der Waals surface area contributed by atoms with Crippen molar-refractivity contribution in [1.29, 1.82) is 0 Å². The van der Waals surface area contributed by atoms with Gasteiger partial charge in [0.2, 0.25) is 5.91 Å². The van der Waals surface area contributed by atoms with Crippen molar-refractivity contribution in [2.75, 3.05) is 6.54 Å².